The van der Waals surface area contributed by atoms with Crippen LogP contribution in [0, 0.1) is 19.7 Å². The zero-order chi connectivity index (χ0) is 17.3. The predicted octanol–water partition coefficient (Wildman–Crippen LogP) is 3.41. The highest BCUT2D eigenvalue weighted by Gasteiger charge is 2.18. The lowest BCUT2D eigenvalue weighted by atomic mass is 10.2. The lowest BCUT2D eigenvalue weighted by molar-refractivity contribution is 0.0515. The Balaban J connectivity index is 2.11. The molecule has 2 heterocycles. The van der Waals surface area contributed by atoms with Gasteiger partial charge in [0.25, 0.3) is 0 Å². The number of benzene rings is 1. The first kappa shape index (κ1) is 16.1. The summed E-state index contributed by atoms with van der Waals surface area (Å²) in [5.74, 6) is -0.785. The second-order valence-corrected chi connectivity index (χ2v) is 5.57. The number of aromatic nitrogens is 3. The third kappa shape index (κ3) is 2.99. The summed E-state index contributed by atoms with van der Waals surface area (Å²) in [6.07, 6.45) is 1.69. The number of hydrogen-bond donors (Lipinski definition) is 0. The number of nitrogens with zero attached hydrogens (tertiary/aromatic N) is 3. The highest BCUT2D eigenvalue weighted by atomic mass is 19.1. The molecule has 2 aromatic heterocycles. The summed E-state index contributed by atoms with van der Waals surface area (Å²) in [5, 5.41) is 0.648. The van der Waals surface area contributed by atoms with E-state index in [1.807, 2.05) is 13.8 Å². The number of hydrogen-bond acceptors (Lipinski definition) is 4. The van der Waals surface area contributed by atoms with Crippen molar-refractivity contribution >= 4 is 16.9 Å². The molecule has 0 unspecified atom stereocenters. The summed E-state index contributed by atoms with van der Waals surface area (Å²) in [5.41, 5.74) is 3.55. The van der Waals surface area contributed by atoms with Crippen LogP contribution in [0.25, 0.3) is 10.9 Å². The van der Waals surface area contributed by atoms with Crippen LogP contribution in [0.1, 0.15) is 34.5 Å². The standard InChI is InChI=1S/C18H18FN3O2/c1-4-24-18(23)17-8-13-7-14(19)5-6-16(13)22(17)10-15-9-20-11(2)12(3)21-15/h5-9H,4,10H2,1-3H3. The molecule has 0 saturated carbocycles. The van der Waals surface area contributed by atoms with Gasteiger partial charge in [-0.25, -0.2) is 9.18 Å². The van der Waals surface area contributed by atoms with Gasteiger partial charge in [-0.2, -0.15) is 0 Å². The molecule has 0 N–H and O–H groups in total. The summed E-state index contributed by atoms with van der Waals surface area (Å²) in [7, 11) is 0. The quantitative estimate of drug-likeness (QED) is 0.689. The smallest absolute Gasteiger partial charge is 0.354 e. The molecule has 0 spiro atoms. The Morgan fingerprint density at radius 2 is 2.04 bits per heavy atom. The first-order chi connectivity index (χ1) is 11.5. The molecule has 3 aromatic rings. The molecule has 0 saturated heterocycles. The van der Waals surface area contributed by atoms with Gasteiger partial charge < -0.3 is 9.30 Å². The van der Waals surface area contributed by atoms with Gasteiger partial charge in [-0.15, -0.1) is 0 Å². The molecule has 0 amide bonds. The fourth-order valence-corrected chi connectivity index (χ4v) is 2.61. The largest absolute Gasteiger partial charge is 0.461 e. The van der Waals surface area contributed by atoms with E-state index in [0.717, 1.165) is 22.6 Å². The van der Waals surface area contributed by atoms with Crippen LogP contribution in [0.15, 0.2) is 30.5 Å². The number of rotatable bonds is 4. The van der Waals surface area contributed by atoms with Gasteiger partial charge in [0.15, 0.2) is 0 Å². The van der Waals surface area contributed by atoms with E-state index >= 15 is 0 Å². The second-order valence-electron chi connectivity index (χ2n) is 5.57. The molecular weight excluding hydrogens is 309 g/mol. The van der Waals surface area contributed by atoms with Crippen molar-refractivity contribution in [2.75, 3.05) is 6.61 Å². The van der Waals surface area contributed by atoms with E-state index < -0.39 is 5.97 Å². The molecule has 3 rings (SSSR count). The molecule has 1 aromatic carbocycles. The number of aryl methyl sites for hydroxylation is 2. The Morgan fingerprint density at radius 1 is 1.25 bits per heavy atom. The molecular formula is C18H18FN3O2. The van der Waals surface area contributed by atoms with Crippen LogP contribution in [-0.2, 0) is 11.3 Å². The van der Waals surface area contributed by atoms with Gasteiger partial charge in [0.1, 0.15) is 11.5 Å². The van der Waals surface area contributed by atoms with E-state index in [1.165, 1.54) is 12.1 Å². The average Bonchev–Trinajstić information content (AvgIpc) is 2.89. The summed E-state index contributed by atoms with van der Waals surface area (Å²) in [6, 6.07) is 6.08. The van der Waals surface area contributed by atoms with E-state index in [4.69, 9.17) is 4.74 Å². The number of esters is 1. The highest BCUT2D eigenvalue weighted by Crippen LogP contribution is 2.23. The van der Waals surface area contributed by atoms with Crippen LogP contribution in [0.5, 0.6) is 0 Å². The molecule has 0 aliphatic heterocycles. The molecule has 0 atom stereocenters. The number of halogens is 1. The Morgan fingerprint density at radius 3 is 2.75 bits per heavy atom. The van der Waals surface area contributed by atoms with Crippen LogP contribution >= 0.6 is 0 Å². The third-order valence-corrected chi connectivity index (χ3v) is 3.91. The summed E-state index contributed by atoms with van der Waals surface area (Å²) in [4.78, 5) is 21.1. The fourth-order valence-electron chi connectivity index (χ4n) is 2.61. The van der Waals surface area contributed by atoms with Crippen molar-refractivity contribution in [1.29, 1.82) is 0 Å². The van der Waals surface area contributed by atoms with Crippen molar-refractivity contribution in [2.45, 2.75) is 27.3 Å². The van der Waals surface area contributed by atoms with Crippen molar-refractivity contribution in [3.8, 4) is 0 Å². The Bertz CT molecular complexity index is 918. The van der Waals surface area contributed by atoms with Gasteiger partial charge in [-0.3, -0.25) is 9.97 Å². The molecule has 0 radical (unpaired) electrons. The zero-order valence-corrected chi connectivity index (χ0v) is 13.8. The van der Waals surface area contributed by atoms with E-state index in [1.54, 1.807) is 29.8 Å². The average molecular weight is 327 g/mol. The molecule has 0 aliphatic rings. The summed E-state index contributed by atoms with van der Waals surface area (Å²) < 4.78 is 20.4. The normalized spacial score (nSPS) is 11.0. The highest BCUT2D eigenvalue weighted by molar-refractivity contribution is 5.95. The first-order valence-corrected chi connectivity index (χ1v) is 7.74. The molecule has 0 aliphatic carbocycles. The van der Waals surface area contributed by atoms with Crippen LogP contribution in [-0.4, -0.2) is 27.1 Å². The number of carbonyl (C=O) groups is 1. The SMILES string of the molecule is CCOC(=O)c1cc2cc(F)ccc2n1Cc1cnc(C)c(C)n1. The number of fused-ring (bicyclic) bond motifs is 1. The Labute approximate surface area is 139 Å². The third-order valence-electron chi connectivity index (χ3n) is 3.91. The minimum Gasteiger partial charge on any atom is -0.461 e. The maximum Gasteiger partial charge on any atom is 0.354 e. The first-order valence-electron chi connectivity index (χ1n) is 7.74. The van der Waals surface area contributed by atoms with E-state index in [9.17, 15) is 9.18 Å². The van der Waals surface area contributed by atoms with Gasteiger partial charge in [0, 0.05) is 10.9 Å². The minimum atomic E-state index is -0.439. The van der Waals surface area contributed by atoms with Crippen molar-refractivity contribution in [1.82, 2.24) is 14.5 Å². The maximum atomic E-state index is 13.5. The fraction of sp³-hybridized carbons (Fsp3) is 0.278. The second kappa shape index (κ2) is 6.39. The molecule has 0 bridgehead atoms. The molecule has 6 heteroatoms. The van der Waals surface area contributed by atoms with Crippen LogP contribution in [0.2, 0.25) is 0 Å². The van der Waals surface area contributed by atoms with Gasteiger partial charge in [-0.05, 0) is 45.0 Å². The van der Waals surface area contributed by atoms with Crippen LogP contribution < -0.4 is 0 Å². The van der Waals surface area contributed by atoms with Crippen molar-refractivity contribution < 1.29 is 13.9 Å². The van der Waals surface area contributed by atoms with Gasteiger partial charge in [0.05, 0.1) is 36.4 Å². The lowest BCUT2D eigenvalue weighted by Gasteiger charge is -2.10. The number of ether oxygens (including phenoxy) is 1. The predicted molar refractivity (Wildman–Crippen MR) is 88.5 cm³/mol. The summed E-state index contributed by atoms with van der Waals surface area (Å²) >= 11 is 0. The van der Waals surface area contributed by atoms with Crippen molar-refractivity contribution in [2.24, 2.45) is 0 Å². The van der Waals surface area contributed by atoms with Gasteiger partial charge in [-0.1, -0.05) is 0 Å². The van der Waals surface area contributed by atoms with Crippen LogP contribution in [0.4, 0.5) is 4.39 Å². The van der Waals surface area contributed by atoms with Gasteiger partial charge >= 0.3 is 5.97 Å². The Kier molecular flexibility index (Phi) is 4.29. The lowest BCUT2D eigenvalue weighted by Crippen LogP contribution is -2.14. The zero-order valence-electron chi connectivity index (χ0n) is 13.8. The van der Waals surface area contributed by atoms with E-state index in [0.29, 0.717) is 17.6 Å². The maximum absolute atomic E-state index is 13.5. The number of carbonyl (C=O) groups excluding carboxylic acids is 1. The Hall–Kier alpha value is -2.76. The molecule has 124 valence electrons. The molecule has 5 nitrogen and oxygen atoms in total. The molecule has 24 heavy (non-hydrogen) atoms. The van der Waals surface area contributed by atoms with E-state index in [2.05, 4.69) is 9.97 Å². The summed E-state index contributed by atoms with van der Waals surface area (Å²) in [6.45, 7) is 6.17. The van der Waals surface area contributed by atoms with E-state index in [-0.39, 0.29) is 12.4 Å². The van der Waals surface area contributed by atoms with Crippen LogP contribution in [0.3, 0.4) is 0 Å². The van der Waals surface area contributed by atoms with Crippen molar-refractivity contribution in [3.05, 3.63) is 59.1 Å². The van der Waals surface area contributed by atoms with Crippen molar-refractivity contribution in [3.63, 3.8) is 0 Å². The topological polar surface area (TPSA) is 57.0 Å². The monoisotopic (exact) mass is 327 g/mol. The molecule has 0 fully saturated rings. The van der Waals surface area contributed by atoms with Gasteiger partial charge in [0.2, 0.25) is 0 Å². The minimum absolute atomic E-state index is 0.276.